The van der Waals surface area contributed by atoms with Crippen molar-refractivity contribution in [2.75, 3.05) is 47.1 Å². The van der Waals surface area contributed by atoms with Crippen LogP contribution in [0.2, 0.25) is 0 Å². The Labute approximate surface area is 142 Å². The van der Waals surface area contributed by atoms with Crippen molar-refractivity contribution in [1.29, 1.82) is 0 Å². The molecule has 0 bridgehead atoms. The van der Waals surface area contributed by atoms with Gasteiger partial charge < -0.3 is 14.8 Å². The molecule has 0 spiro atoms. The van der Waals surface area contributed by atoms with Crippen LogP contribution in [0.5, 0.6) is 0 Å². The number of sulfonamides is 1. The molecule has 0 saturated carbocycles. The molecule has 132 valence electrons. The Morgan fingerprint density at radius 2 is 2.29 bits per heavy atom. The molecular formula is C16H22N2O5S. The first-order valence-electron chi connectivity index (χ1n) is 7.82. The molecule has 7 nitrogen and oxygen atoms in total. The first kappa shape index (κ1) is 17.3. The van der Waals surface area contributed by atoms with Crippen molar-refractivity contribution < 1.29 is 22.7 Å². The standard InChI is InChI=1S/C16H22N2O5S/c1-17-15(19)12-4-3-5-14(6-12)24(20,21)18-7-13-8-23-11-16(13,9-18)10-22-2/h3-6,13H,7-11H2,1-2H3,(H,17,19)/t13-,16-/m0/s1. The number of fused-ring (bicyclic) bond motifs is 1. The van der Waals surface area contributed by atoms with Crippen molar-refractivity contribution >= 4 is 15.9 Å². The molecule has 1 amide bonds. The Balaban J connectivity index is 1.88. The highest BCUT2D eigenvalue weighted by atomic mass is 32.2. The molecule has 2 heterocycles. The SMILES string of the molecule is CNC(=O)c1cccc(S(=O)(=O)N2C[C@H]3COC[C@@]3(COC)C2)c1. The average molecular weight is 354 g/mol. The topological polar surface area (TPSA) is 84.9 Å². The summed E-state index contributed by atoms with van der Waals surface area (Å²) in [5.74, 6) is -0.177. The Hall–Kier alpha value is -1.48. The minimum Gasteiger partial charge on any atom is -0.384 e. The number of ether oxygens (including phenoxy) is 2. The van der Waals surface area contributed by atoms with Crippen LogP contribution in [0.15, 0.2) is 29.2 Å². The maximum atomic E-state index is 13.0. The van der Waals surface area contributed by atoms with Gasteiger partial charge in [0.25, 0.3) is 5.91 Å². The normalized spacial score (nSPS) is 27.2. The number of hydrogen-bond donors (Lipinski definition) is 1. The maximum Gasteiger partial charge on any atom is 0.251 e. The van der Waals surface area contributed by atoms with Gasteiger partial charge in [-0.3, -0.25) is 4.79 Å². The minimum atomic E-state index is -3.66. The van der Waals surface area contributed by atoms with Crippen LogP contribution in [0.25, 0.3) is 0 Å². The molecule has 2 fully saturated rings. The summed E-state index contributed by atoms with van der Waals surface area (Å²) in [7, 11) is -0.526. The van der Waals surface area contributed by atoms with E-state index in [4.69, 9.17) is 9.47 Å². The lowest BCUT2D eigenvalue weighted by atomic mass is 9.82. The van der Waals surface area contributed by atoms with E-state index in [2.05, 4.69) is 5.32 Å². The van der Waals surface area contributed by atoms with Crippen LogP contribution in [0.1, 0.15) is 10.4 Å². The van der Waals surface area contributed by atoms with Crippen LogP contribution in [0, 0.1) is 11.3 Å². The molecular weight excluding hydrogens is 332 g/mol. The van der Waals surface area contributed by atoms with Crippen molar-refractivity contribution in [3.63, 3.8) is 0 Å². The molecule has 0 aromatic heterocycles. The first-order valence-corrected chi connectivity index (χ1v) is 9.26. The lowest BCUT2D eigenvalue weighted by Gasteiger charge is -2.26. The number of amides is 1. The zero-order chi connectivity index (χ0) is 17.4. The molecule has 3 rings (SSSR count). The van der Waals surface area contributed by atoms with E-state index in [1.54, 1.807) is 19.2 Å². The van der Waals surface area contributed by atoms with Gasteiger partial charge in [-0.15, -0.1) is 0 Å². The summed E-state index contributed by atoms with van der Waals surface area (Å²) < 4.78 is 38.3. The third kappa shape index (κ3) is 2.83. The molecule has 8 heteroatoms. The van der Waals surface area contributed by atoms with E-state index < -0.39 is 10.0 Å². The van der Waals surface area contributed by atoms with Crippen molar-refractivity contribution in [1.82, 2.24) is 9.62 Å². The molecule has 1 aromatic rings. The third-order valence-electron chi connectivity index (χ3n) is 4.88. The fourth-order valence-electron chi connectivity index (χ4n) is 3.55. The summed E-state index contributed by atoms with van der Waals surface area (Å²) in [6.45, 7) is 2.32. The van der Waals surface area contributed by atoms with Crippen LogP contribution in [0.3, 0.4) is 0 Å². The molecule has 2 aliphatic rings. The summed E-state index contributed by atoms with van der Waals surface area (Å²) in [4.78, 5) is 11.9. The largest absolute Gasteiger partial charge is 0.384 e. The average Bonchev–Trinajstić information content (AvgIpc) is 3.11. The van der Waals surface area contributed by atoms with Gasteiger partial charge in [0.05, 0.1) is 24.7 Å². The Morgan fingerprint density at radius 1 is 1.50 bits per heavy atom. The third-order valence-corrected chi connectivity index (χ3v) is 6.69. The monoisotopic (exact) mass is 354 g/mol. The van der Waals surface area contributed by atoms with Gasteiger partial charge in [0, 0.05) is 44.1 Å². The molecule has 2 aliphatic heterocycles. The van der Waals surface area contributed by atoms with Crippen molar-refractivity contribution in [3.8, 4) is 0 Å². The molecule has 0 aliphatic carbocycles. The minimum absolute atomic E-state index is 0.134. The summed E-state index contributed by atoms with van der Waals surface area (Å²) in [5, 5.41) is 2.50. The van der Waals surface area contributed by atoms with E-state index >= 15 is 0 Å². The van der Waals surface area contributed by atoms with E-state index in [0.717, 1.165) is 0 Å². The van der Waals surface area contributed by atoms with Crippen LogP contribution in [-0.4, -0.2) is 65.7 Å². The number of rotatable bonds is 5. The fourth-order valence-corrected chi connectivity index (χ4v) is 5.18. The van der Waals surface area contributed by atoms with Gasteiger partial charge in [0.2, 0.25) is 10.0 Å². The van der Waals surface area contributed by atoms with Gasteiger partial charge in [-0.25, -0.2) is 8.42 Å². The Kier molecular flexibility index (Phi) is 4.65. The molecule has 0 radical (unpaired) electrons. The number of benzene rings is 1. The zero-order valence-electron chi connectivity index (χ0n) is 13.8. The highest BCUT2D eigenvalue weighted by Gasteiger charge is 2.53. The highest BCUT2D eigenvalue weighted by molar-refractivity contribution is 7.89. The van der Waals surface area contributed by atoms with Crippen LogP contribution < -0.4 is 5.32 Å². The number of methoxy groups -OCH3 is 1. The second kappa shape index (κ2) is 6.44. The summed E-state index contributed by atoms with van der Waals surface area (Å²) >= 11 is 0. The van der Waals surface area contributed by atoms with E-state index in [1.165, 1.54) is 23.5 Å². The van der Waals surface area contributed by atoms with Crippen molar-refractivity contribution in [2.45, 2.75) is 4.90 Å². The fraction of sp³-hybridized carbons (Fsp3) is 0.562. The predicted molar refractivity (Wildman–Crippen MR) is 87.2 cm³/mol. The predicted octanol–water partition coefficient (Wildman–Crippen LogP) is 0.330. The van der Waals surface area contributed by atoms with E-state index in [-0.39, 0.29) is 22.1 Å². The van der Waals surface area contributed by atoms with E-state index in [0.29, 0.717) is 38.5 Å². The summed E-state index contributed by atoms with van der Waals surface area (Å²) in [6, 6.07) is 6.12. The number of nitrogens with zero attached hydrogens (tertiary/aromatic N) is 1. The number of nitrogens with one attached hydrogen (secondary N) is 1. The highest BCUT2D eigenvalue weighted by Crippen LogP contribution is 2.43. The van der Waals surface area contributed by atoms with Gasteiger partial charge in [-0.1, -0.05) is 6.07 Å². The van der Waals surface area contributed by atoms with Gasteiger partial charge in [-0.05, 0) is 18.2 Å². The number of hydrogen-bond acceptors (Lipinski definition) is 5. The van der Waals surface area contributed by atoms with Crippen LogP contribution >= 0.6 is 0 Å². The summed E-state index contributed by atoms with van der Waals surface area (Å²) in [5.41, 5.74) is 0.0492. The van der Waals surface area contributed by atoms with Crippen molar-refractivity contribution in [3.05, 3.63) is 29.8 Å². The zero-order valence-corrected chi connectivity index (χ0v) is 14.6. The lowest BCUT2D eigenvalue weighted by Crippen LogP contribution is -2.37. The van der Waals surface area contributed by atoms with Crippen LogP contribution in [-0.2, 0) is 19.5 Å². The summed E-state index contributed by atoms with van der Waals surface area (Å²) in [6.07, 6.45) is 0. The number of carbonyl (C=O) groups excluding carboxylic acids is 1. The maximum absolute atomic E-state index is 13.0. The Bertz CT molecular complexity index is 736. The second-order valence-corrected chi connectivity index (χ2v) is 8.35. The quantitative estimate of drug-likeness (QED) is 0.824. The number of carbonyl (C=O) groups is 1. The molecule has 0 unspecified atom stereocenters. The lowest BCUT2D eigenvalue weighted by molar-refractivity contribution is 0.0601. The van der Waals surface area contributed by atoms with E-state index in [9.17, 15) is 13.2 Å². The molecule has 24 heavy (non-hydrogen) atoms. The molecule has 1 N–H and O–H groups in total. The van der Waals surface area contributed by atoms with Crippen molar-refractivity contribution in [2.24, 2.45) is 11.3 Å². The molecule has 1 aromatic carbocycles. The smallest absolute Gasteiger partial charge is 0.251 e. The van der Waals surface area contributed by atoms with Gasteiger partial charge >= 0.3 is 0 Å². The first-order chi connectivity index (χ1) is 11.4. The van der Waals surface area contributed by atoms with Crippen LogP contribution in [0.4, 0.5) is 0 Å². The molecule has 2 saturated heterocycles. The van der Waals surface area contributed by atoms with Gasteiger partial charge in [-0.2, -0.15) is 4.31 Å². The molecule has 2 atom stereocenters. The second-order valence-electron chi connectivity index (χ2n) is 6.41. The van der Waals surface area contributed by atoms with Gasteiger partial charge in [0.15, 0.2) is 0 Å². The Morgan fingerprint density at radius 3 is 3.00 bits per heavy atom. The van der Waals surface area contributed by atoms with Gasteiger partial charge in [0.1, 0.15) is 0 Å². The van der Waals surface area contributed by atoms with E-state index in [1.807, 2.05) is 0 Å².